The number of rotatable bonds is 1. The minimum absolute atomic E-state index is 0.0611. The molecule has 1 fully saturated rings. The van der Waals surface area contributed by atoms with E-state index >= 15 is 0 Å². The fraction of sp³-hybridized carbons (Fsp3) is 0.682. The zero-order valence-corrected chi connectivity index (χ0v) is 15.4. The van der Waals surface area contributed by atoms with E-state index in [1.807, 2.05) is 0 Å². The highest BCUT2D eigenvalue weighted by Crippen LogP contribution is 2.60. The van der Waals surface area contributed by atoms with Crippen molar-refractivity contribution in [1.82, 2.24) is 0 Å². The quantitative estimate of drug-likeness (QED) is 0.705. The lowest BCUT2D eigenvalue weighted by Gasteiger charge is -2.48. The van der Waals surface area contributed by atoms with E-state index in [9.17, 15) is 4.79 Å². The van der Waals surface area contributed by atoms with Crippen LogP contribution in [0.2, 0.25) is 0 Å². The van der Waals surface area contributed by atoms with Crippen LogP contribution in [0.1, 0.15) is 58.8 Å². The van der Waals surface area contributed by atoms with Crippen molar-refractivity contribution < 1.29 is 14.3 Å². The molecule has 4 aliphatic carbocycles. The van der Waals surface area contributed by atoms with Crippen molar-refractivity contribution in [3.63, 3.8) is 0 Å². The van der Waals surface area contributed by atoms with Gasteiger partial charge < -0.3 is 9.47 Å². The van der Waals surface area contributed by atoms with Gasteiger partial charge in [-0.25, -0.2) is 0 Å². The van der Waals surface area contributed by atoms with Gasteiger partial charge in [0.2, 0.25) is 0 Å². The summed E-state index contributed by atoms with van der Waals surface area (Å²) in [4.78, 5) is 12.1. The molecule has 0 radical (unpaired) electrons. The molecule has 0 bridgehead atoms. The lowest BCUT2D eigenvalue weighted by Crippen LogP contribution is -2.40. The third-order valence-corrected chi connectivity index (χ3v) is 7.60. The molecule has 2 unspecified atom stereocenters. The van der Waals surface area contributed by atoms with Crippen molar-refractivity contribution in [1.29, 1.82) is 0 Å². The standard InChI is InChI=1S/C22H28O3/c1-14(23)19-5-6-20-18-4-3-15-13-22(24-11-12-25-22)10-8-16(15)17(18)7-9-21(19,20)2/h5,7,18,20H,3-4,6,8-13H2,1-2H3/t18?,20?,21-/m1/s1. The van der Waals surface area contributed by atoms with E-state index in [-0.39, 0.29) is 17.0 Å². The molecule has 5 aliphatic rings. The summed E-state index contributed by atoms with van der Waals surface area (Å²) in [7, 11) is 0. The third kappa shape index (κ3) is 2.21. The largest absolute Gasteiger partial charge is 0.347 e. The molecule has 1 saturated heterocycles. The van der Waals surface area contributed by atoms with Gasteiger partial charge in [-0.15, -0.1) is 0 Å². The summed E-state index contributed by atoms with van der Waals surface area (Å²) in [6, 6.07) is 0. The maximum atomic E-state index is 12.1. The maximum Gasteiger partial charge on any atom is 0.172 e. The summed E-state index contributed by atoms with van der Waals surface area (Å²) in [5, 5.41) is 0. The fourth-order valence-electron chi connectivity index (χ4n) is 6.42. The Labute approximate surface area is 150 Å². The predicted octanol–water partition coefficient (Wildman–Crippen LogP) is 4.49. The Morgan fingerprint density at radius 3 is 2.76 bits per heavy atom. The average Bonchev–Trinajstić information content (AvgIpc) is 3.18. The number of hydrogen-bond donors (Lipinski definition) is 0. The average molecular weight is 340 g/mol. The number of fused-ring (bicyclic) bond motifs is 4. The molecular weight excluding hydrogens is 312 g/mol. The van der Waals surface area contributed by atoms with Crippen molar-refractivity contribution in [3.05, 3.63) is 34.4 Å². The van der Waals surface area contributed by atoms with Crippen LogP contribution in [-0.2, 0) is 14.3 Å². The molecule has 3 nitrogen and oxygen atoms in total. The first kappa shape index (κ1) is 16.0. The first-order valence-corrected chi connectivity index (χ1v) is 9.93. The van der Waals surface area contributed by atoms with Crippen molar-refractivity contribution in [2.24, 2.45) is 17.3 Å². The molecule has 0 aromatic rings. The second kappa shape index (κ2) is 5.40. The molecule has 134 valence electrons. The highest BCUT2D eigenvalue weighted by molar-refractivity contribution is 5.95. The molecule has 1 heterocycles. The number of Topliss-reactive ketones (excluding diaryl/α,β-unsaturated/α-hetero) is 1. The van der Waals surface area contributed by atoms with E-state index in [1.165, 1.54) is 12.8 Å². The number of hydrogen-bond acceptors (Lipinski definition) is 3. The summed E-state index contributed by atoms with van der Waals surface area (Å²) in [6.45, 7) is 5.55. The minimum atomic E-state index is -0.313. The van der Waals surface area contributed by atoms with Crippen LogP contribution < -0.4 is 0 Å². The number of carbonyl (C=O) groups excluding carboxylic acids is 1. The van der Waals surface area contributed by atoms with E-state index in [0.29, 0.717) is 11.8 Å². The molecule has 0 amide bonds. The van der Waals surface area contributed by atoms with Gasteiger partial charge in [0, 0.05) is 18.3 Å². The minimum Gasteiger partial charge on any atom is -0.347 e. The molecule has 0 aromatic carbocycles. The van der Waals surface area contributed by atoms with Gasteiger partial charge in [0.25, 0.3) is 0 Å². The Morgan fingerprint density at radius 2 is 2.00 bits per heavy atom. The Hall–Kier alpha value is -1.19. The Kier molecular flexibility index (Phi) is 3.46. The Balaban J connectivity index is 1.47. The van der Waals surface area contributed by atoms with E-state index in [1.54, 1.807) is 23.6 Å². The van der Waals surface area contributed by atoms with Crippen molar-refractivity contribution >= 4 is 5.78 Å². The maximum absolute atomic E-state index is 12.1. The topological polar surface area (TPSA) is 35.5 Å². The summed E-state index contributed by atoms with van der Waals surface area (Å²) in [6.07, 6.45) is 12.3. The van der Waals surface area contributed by atoms with Crippen molar-refractivity contribution in [3.8, 4) is 0 Å². The molecule has 1 spiro atoms. The zero-order valence-electron chi connectivity index (χ0n) is 15.4. The van der Waals surface area contributed by atoms with Gasteiger partial charge in [-0.2, -0.15) is 0 Å². The van der Waals surface area contributed by atoms with Crippen LogP contribution in [0, 0.1) is 17.3 Å². The van der Waals surface area contributed by atoms with Gasteiger partial charge in [0.05, 0.1) is 13.2 Å². The summed E-state index contributed by atoms with van der Waals surface area (Å²) in [5.41, 5.74) is 5.94. The first-order chi connectivity index (χ1) is 12.0. The monoisotopic (exact) mass is 340 g/mol. The summed E-state index contributed by atoms with van der Waals surface area (Å²) in [5.74, 6) is 1.19. The lowest BCUT2D eigenvalue weighted by molar-refractivity contribution is -0.164. The summed E-state index contributed by atoms with van der Waals surface area (Å²) < 4.78 is 11.9. The second-order valence-electron chi connectivity index (χ2n) is 8.81. The van der Waals surface area contributed by atoms with Gasteiger partial charge in [-0.05, 0) is 67.6 Å². The molecule has 0 N–H and O–H groups in total. The second-order valence-corrected chi connectivity index (χ2v) is 8.81. The van der Waals surface area contributed by atoms with Crippen LogP contribution >= 0.6 is 0 Å². The highest BCUT2D eigenvalue weighted by atomic mass is 16.7. The van der Waals surface area contributed by atoms with Gasteiger partial charge in [-0.3, -0.25) is 4.79 Å². The lowest BCUT2D eigenvalue weighted by atomic mass is 9.57. The molecule has 3 heteroatoms. The van der Waals surface area contributed by atoms with Gasteiger partial charge in [0.15, 0.2) is 11.6 Å². The number of allylic oxidation sites excluding steroid dienone is 5. The number of carbonyl (C=O) groups is 1. The Morgan fingerprint density at radius 1 is 1.20 bits per heavy atom. The summed E-state index contributed by atoms with van der Waals surface area (Å²) >= 11 is 0. The van der Waals surface area contributed by atoms with Crippen LogP contribution in [0.4, 0.5) is 0 Å². The van der Waals surface area contributed by atoms with Crippen LogP contribution in [-0.4, -0.2) is 24.8 Å². The van der Waals surface area contributed by atoms with Crippen LogP contribution in [0.25, 0.3) is 0 Å². The smallest absolute Gasteiger partial charge is 0.172 e. The fourth-order valence-corrected chi connectivity index (χ4v) is 6.42. The number of ketones is 1. The third-order valence-electron chi connectivity index (χ3n) is 7.60. The Bertz CT molecular complexity index is 720. The normalized spacial score (nSPS) is 38.8. The van der Waals surface area contributed by atoms with Crippen molar-refractivity contribution in [2.75, 3.05) is 13.2 Å². The SMILES string of the molecule is CC(=O)C1=CCC2C3CCC4=C(CCC5(C4)OCCO5)C3=CC[C@]12C. The molecule has 0 aromatic heterocycles. The number of ether oxygens (including phenoxy) is 2. The molecule has 3 atom stereocenters. The zero-order chi connectivity index (χ0) is 17.2. The molecule has 25 heavy (non-hydrogen) atoms. The van der Waals surface area contributed by atoms with Crippen LogP contribution in [0.15, 0.2) is 34.4 Å². The van der Waals surface area contributed by atoms with E-state index in [4.69, 9.17) is 9.47 Å². The van der Waals surface area contributed by atoms with Crippen LogP contribution in [0.3, 0.4) is 0 Å². The van der Waals surface area contributed by atoms with Crippen molar-refractivity contribution in [2.45, 2.75) is 64.6 Å². The van der Waals surface area contributed by atoms with Crippen LogP contribution in [0.5, 0.6) is 0 Å². The first-order valence-electron chi connectivity index (χ1n) is 9.93. The molecule has 0 saturated carbocycles. The van der Waals surface area contributed by atoms with Gasteiger partial charge >= 0.3 is 0 Å². The van der Waals surface area contributed by atoms with E-state index in [0.717, 1.165) is 50.9 Å². The molecule has 5 rings (SSSR count). The van der Waals surface area contributed by atoms with Gasteiger partial charge in [-0.1, -0.05) is 24.6 Å². The van der Waals surface area contributed by atoms with E-state index < -0.39 is 0 Å². The molecule has 1 aliphatic heterocycles. The molecular formula is C22H28O3. The highest BCUT2D eigenvalue weighted by Gasteiger charge is 2.51. The van der Waals surface area contributed by atoms with Gasteiger partial charge in [0.1, 0.15) is 0 Å². The predicted molar refractivity (Wildman–Crippen MR) is 95.9 cm³/mol. The van der Waals surface area contributed by atoms with E-state index in [2.05, 4.69) is 19.1 Å².